The van der Waals surface area contributed by atoms with Gasteiger partial charge < -0.3 is 0 Å². The molecule has 0 saturated heterocycles. The number of sulfonamides is 1. The maximum absolute atomic E-state index is 13.3. The first kappa shape index (κ1) is 15.9. The molecule has 2 aromatic carbocycles. The normalized spacial score (nSPS) is 12.2. The molecule has 0 saturated carbocycles. The van der Waals surface area contributed by atoms with Crippen LogP contribution in [0.5, 0.6) is 0 Å². The van der Waals surface area contributed by atoms with Gasteiger partial charge >= 0.3 is 0 Å². The molecule has 0 fully saturated rings. The van der Waals surface area contributed by atoms with Gasteiger partial charge in [-0.05, 0) is 29.8 Å². The number of rotatable bonds is 4. The van der Waals surface area contributed by atoms with E-state index in [2.05, 4.69) is 8.75 Å². The fourth-order valence-corrected chi connectivity index (χ4v) is 4.04. The summed E-state index contributed by atoms with van der Waals surface area (Å²) in [5, 5.41) is 0. The van der Waals surface area contributed by atoms with Crippen LogP contribution < -0.4 is 0 Å². The lowest BCUT2D eigenvalue weighted by Gasteiger charge is -2.17. The lowest BCUT2D eigenvalue weighted by Crippen LogP contribution is -2.26. The van der Waals surface area contributed by atoms with Crippen LogP contribution in [0.2, 0.25) is 0 Å². The summed E-state index contributed by atoms with van der Waals surface area (Å²) >= 11 is 0.928. The summed E-state index contributed by atoms with van der Waals surface area (Å²) in [4.78, 5) is 0.0360. The van der Waals surface area contributed by atoms with E-state index in [1.807, 2.05) is 0 Å². The van der Waals surface area contributed by atoms with Crippen LogP contribution >= 0.6 is 11.7 Å². The van der Waals surface area contributed by atoms with Crippen molar-refractivity contribution >= 4 is 32.8 Å². The van der Waals surface area contributed by atoms with Gasteiger partial charge in [-0.15, -0.1) is 0 Å². The second-order valence-electron chi connectivity index (χ2n) is 4.90. The van der Waals surface area contributed by atoms with E-state index in [0.29, 0.717) is 16.6 Å². The van der Waals surface area contributed by atoms with Gasteiger partial charge in [-0.25, -0.2) is 17.2 Å². The maximum Gasteiger partial charge on any atom is 0.245 e. The average Bonchev–Trinajstić information content (AvgIpc) is 2.99. The second kappa shape index (κ2) is 5.91. The van der Waals surface area contributed by atoms with Gasteiger partial charge in [-0.1, -0.05) is 12.1 Å². The topological polar surface area (TPSA) is 63.2 Å². The minimum Gasteiger partial charge on any atom is -0.207 e. The predicted octanol–water partition coefficient (Wildman–Crippen LogP) is 2.79. The first-order valence-electron chi connectivity index (χ1n) is 6.51. The van der Waals surface area contributed by atoms with E-state index in [9.17, 15) is 17.2 Å². The van der Waals surface area contributed by atoms with Crippen LogP contribution in [-0.2, 0) is 16.6 Å². The summed E-state index contributed by atoms with van der Waals surface area (Å²) in [6.45, 7) is -0.0898. The summed E-state index contributed by atoms with van der Waals surface area (Å²) in [5.41, 5.74) is 1.14. The molecule has 0 spiro atoms. The predicted molar refractivity (Wildman–Crippen MR) is 82.4 cm³/mol. The van der Waals surface area contributed by atoms with Crippen LogP contribution in [0.4, 0.5) is 8.78 Å². The van der Waals surface area contributed by atoms with Crippen molar-refractivity contribution in [1.82, 2.24) is 13.1 Å². The van der Waals surface area contributed by atoms with Crippen LogP contribution in [0, 0.1) is 11.6 Å². The van der Waals surface area contributed by atoms with E-state index < -0.39 is 21.7 Å². The number of hydrogen-bond donors (Lipinski definition) is 0. The molecule has 3 aromatic rings. The van der Waals surface area contributed by atoms with Gasteiger partial charge in [0.25, 0.3) is 0 Å². The fourth-order valence-electron chi connectivity index (χ4n) is 2.14. The van der Waals surface area contributed by atoms with Crippen LogP contribution in [0.3, 0.4) is 0 Å². The van der Waals surface area contributed by atoms with E-state index in [1.54, 1.807) is 12.1 Å². The molecule has 0 unspecified atom stereocenters. The Labute approximate surface area is 135 Å². The Kier molecular flexibility index (Phi) is 4.09. The third kappa shape index (κ3) is 2.94. The highest BCUT2D eigenvalue weighted by Gasteiger charge is 2.25. The summed E-state index contributed by atoms with van der Waals surface area (Å²) < 4.78 is 60.7. The maximum atomic E-state index is 13.3. The van der Waals surface area contributed by atoms with Gasteiger partial charge in [-0.2, -0.15) is 13.1 Å². The molecule has 0 radical (unpaired) electrons. The third-order valence-corrected chi connectivity index (χ3v) is 5.70. The Balaban J connectivity index is 1.95. The van der Waals surface area contributed by atoms with Gasteiger partial charge in [0.1, 0.15) is 15.9 Å². The van der Waals surface area contributed by atoms with Gasteiger partial charge in [0.2, 0.25) is 10.0 Å². The summed E-state index contributed by atoms with van der Waals surface area (Å²) in [7, 11) is -2.47. The van der Waals surface area contributed by atoms with E-state index in [1.165, 1.54) is 19.2 Å². The Morgan fingerprint density at radius 3 is 2.65 bits per heavy atom. The number of hydrogen-bond acceptors (Lipinski definition) is 5. The van der Waals surface area contributed by atoms with E-state index in [4.69, 9.17) is 0 Å². The zero-order chi connectivity index (χ0) is 16.6. The molecule has 0 N–H and O–H groups in total. The van der Waals surface area contributed by atoms with E-state index in [0.717, 1.165) is 28.2 Å². The summed E-state index contributed by atoms with van der Waals surface area (Å²) in [6, 6.07) is 7.99. The molecule has 1 aromatic heterocycles. The number of benzene rings is 2. The molecule has 0 aliphatic carbocycles. The highest BCUT2D eigenvalue weighted by atomic mass is 32.2. The largest absolute Gasteiger partial charge is 0.245 e. The number of nitrogens with zero attached hydrogens (tertiary/aromatic N) is 3. The van der Waals surface area contributed by atoms with Gasteiger partial charge in [-0.3, -0.25) is 0 Å². The Morgan fingerprint density at radius 1 is 1.13 bits per heavy atom. The fraction of sp³-hybridized carbons (Fsp3) is 0.143. The van der Waals surface area contributed by atoms with Crippen molar-refractivity contribution in [3.8, 4) is 0 Å². The number of fused-ring (bicyclic) bond motifs is 1. The Hall–Kier alpha value is -1.97. The van der Waals surface area contributed by atoms with Crippen molar-refractivity contribution < 1.29 is 17.2 Å². The molecule has 120 valence electrons. The molecular formula is C14H11F2N3O2S2. The van der Waals surface area contributed by atoms with Crippen LogP contribution in [0.1, 0.15) is 5.56 Å². The van der Waals surface area contributed by atoms with E-state index in [-0.39, 0.29) is 11.4 Å². The van der Waals surface area contributed by atoms with Crippen LogP contribution in [-0.4, -0.2) is 28.5 Å². The van der Waals surface area contributed by atoms with Gasteiger partial charge in [0, 0.05) is 13.6 Å². The molecule has 23 heavy (non-hydrogen) atoms. The quantitative estimate of drug-likeness (QED) is 0.722. The molecule has 0 aliphatic heterocycles. The lowest BCUT2D eigenvalue weighted by molar-refractivity contribution is 0.462. The zero-order valence-electron chi connectivity index (χ0n) is 11.9. The second-order valence-corrected chi connectivity index (χ2v) is 7.44. The SMILES string of the molecule is CN(Cc1ccc(F)c(F)c1)S(=O)(=O)c1cccc2nsnc12. The molecule has 0 amide bonds. The molecule has 0 atom stereocenters. The highest BCUT2D eigenvalue weighted by Crippen LogP contribution is 2.24. The van der Waals surface area contributed by atoms with Crippen molar-refractivity contribution in [2.45, 2.75) is 11.4 Å². The zero-order valence-corrected chi connectivity index (χ0v) is 13.5. The number of aromatic nitrogens is 2. The standard InChI is InChI=1S/C14H11F2N3O2S2/c1-19(8-9-5-6-10(15)11(16)7-9)23(20,21)13-4-2-3-12-14(13)18-22-17-12/h2-7H,8H2,1H3. The minimum absolute atomic E-state index is 0.0360. The minimum atomic E-state index is -3.84. The molecule has 0 aliphatic rings. The van der Waals surface area contributed by atoms with Gasteiger partial charge in [0.15, 0.2) is 11.6 Å². The molecule has 3 rings (SSSR count). The molecule has 0 bridgehead atoms. The molecule has 1 heterocycles. The van der Waals surface area contributed by atoms with Gasteiger partial charge in [0.05, 0.1) is 11.7 Å². The lowest BCUT2D eigenvalue weighted by atomic mass is 10.2. The van der Waals surface area contributed by atoms with E-state index >= 15 is 0 Å². The molecule has 5 nitrogen and oxygen atoms in total. The summed E-state index contributed by atoms with van der Waals surface area (Å²) in [6.07, 6.45) is 0. The van der Waals surface area contributed by atoms with Crippen LogP contribution in [0.15, 0.2) is 41.3 Å². The van der Waals surface area contributed by atoms with Crippen molar-refractivity contribution in [2.75, 3.05) is 7.05 Å². The van der Waals surface area contributed by atoms with Crippen molar-refractivity contribution in [3.63, 3.8) is 0 Å². The van der Waals surface area contributed by atoms with Crippen LogP contribution in [0.25, 0.3) is 11.0 Å². The molecular weight excluding hydrogens is 344 g/mol. The smallest absolute Gasteiger partial charge is 0.207 e. The highest BCUT2D eigenvalue weighted by molar-refractivity contribution is 7.89. The Bertz CT molecular complexity index is 973. The van der Waals surface area contributed by atoms with Crippen molar-refractivity contribution in [3.05, 3.63) is 53.6 Å². The third-order valence-electron chi connectivity index (χ3n) is 3.33. The first-order valence-corrected chi connectivity index (χ1v) is 8.68. The summed E-state index contributed by atoms with van der Waals surface area (Å²) in [5.74, 6) is -1.99. The average molecular weight is 355 g/mol. The monoisotopic (exact) mass is 355 g/mol. The van der Waals surface area contributed by atoms with Crippen molar-refractivity contribution in [2.24, 2.45) is 0 Å². The molecule has 9 heteroatoms. The number of halogens is 2. The first-order chi connectivity index (χ1) is 10.9. The van der Waals surface area contributed by atoms with Crippen molar-refractivity contribution in [1.29, 1.82) is 0 Å². The Morgan fingerprint density at radius 2 is 1.91 bits per heavy atom.